The fourth-order valence-corrected chi connectivity index (χ4v) is 4.90. The van der Waals surface area contributed by atoms with Crippen LogP contribution in [0, 0.1) is 20.8 Å². The molecule has 1 rings (SSSR count). The zero-order valence-corrected chi connectivity index (χ0v) is 16.3. The summed E-state index contributed by atoms with van der Waals surface area (Å²) >= 11 is 0. The first-order valence-corrected chi connectivity index (χ1v) is 9.47. The van der Waals surface area contributed by atoms with Crippen molar-refractivity contribution < 1.29 is 17.9 Å². The molecule has 0 heterocycles. The third kappa shape index (κ3) is 4.64. The van der Waals surface area contributed by atoms with Crippen LogP contribution >= 0.6 is 0 Å². The van der Waals surface area contributed by atoms with E-state index in [9.17, 15) is 13.2 Å². The highest BCUT2D eigenvalue weighted by Crippen LogP contribution is 2.33. The van der Waals surface area contributed by atoms with Crippen molar-refractivity contribution in [2.24, 2.45) is 27.9 Å². The van der Waals surface area contributed by atoms with Crippen LogP contribution in [0.5, 0.6) is 5.75 Å². The first kappa shape index (κ1) is 21.7. The molecule has 0 aliphatic heterocycles. The lowest BCUT2D eigenvalue weighted by atomic mass is 10.1. The van der Waals surface area contributed by atoms with E-state index in [1.54, 1.807) is 26.8 Å². The number of methoxy groups -OCH3 is 1. The third-order valence-electron chi connectivity index (χ3n) is 4.28. The van der Waals surface area contributed by atoms with Gasteiger partial charge in [0.2, 0.25) is 5.91 Å². The molecule has 0 saturated heterocycles. The van der Waals surface area contributed by atoms with Crippen LogP contribution < -0.4 is 27.7 Å². The van der Waals surface area contributed by atoms with Gasteiger partial charge in [-0.3, -0.25) is 9.79 Å². The van der Waals surface area contributed by atoms with Crippen molar-refractivity contribution in [3.8, 4) is 5.75 Å². The van der Waals surface area contributed by atoms with E-state index in [4.69, 9.17) is 27.7 Å². The molecule has 146 valence electrons. The molecule has 0 radical (unpaired) electrons. The molecule has 0 aliphatic carbocycles. The third-order valence-corrected chi connectivity index (χ3v) is 6.70. The van der Waals surface area contributed by atoms with Crippen LogP contribution in [0.3, 0.4) is 0 Å². The number of primary amides is 1. The summed E-state index contributed by atoms with van der Waals surface area (Å²) in [6.07, 6.45) is -0.196. The summed E-state index contributed by atoms with van der Waals surface area (Å²) in [7, 11) is -2.38. The Bertz CT molecular complexity index is 816. The second-order valence-electron chi connectivity index (χ2n) is 6.15. The molecular formula is C16H27N5O4S. The molecule has 26 heavy (non-hydrogen) atoms. The molecule has 0 saturated carbocycles. The predicted molar refractivity (Wildman–Crippen MR) is 101 cm³/mol. The first-order valence-electron chi connectivity index (χ1n) is 7.92. The maximum Gasteiger partial charge on any atom is 0.234 e. The summed E-state index contributed by atoms with van der Waals surface area (Å²) in [6, 6.07) is 0.518. The number of ether oxygens (including phenoxy) is 1. The molecule has 0 spiro atoms. The van der Waals surface area contributed by atoms with Crippen LogP contribution in [0.1, 0.15) is 23.1 Å². The maximum atomic E-state index is 13.3. The van der Waals surface area contributed by atoms with Crippen molar-refractivity contribution in [2.45, 2.75) is 43.4 Å². The van der Waals surface area contributed by atoms with Crippen molar-refractivity contribution in [1.82, 2.24) is 0 Å². The standard InChI is InChI=1S/C16H27N5O4S/c1-8-5-13(25-4)9(2)10(3)14(8)26(23,24)11(7-21-16(19)20)6-12(17)15(18)22/h5,11-12H,6-7,17H2,1-4H3,(H2,18,22)(H4,19,20,21)/t11?,12-/m1/s1. The monoisotopic (exact) mass is 385 g/mol. The number of benzene rings is 1. The van der Waals surface area contributed by atoms with Gasteiger partial charge in [0.1, 0.15) is 5.75 Å². The smallest absolute Gasteiger partial charge is 0.234 e. The lowest BCUT2D eigenvalue weighted by Gasteiger charge is -2.22. The normalized spacial score (nSPS) is 13.7. The average Bonchev–Trinajstić information content (AvgIpc) is 2.53. The topological polar surface area (TPSA) is 177 Å². The molecule has 1 unspecified atom stereocenters. The molecule has 10 heteroatoms. The van der Waals surface area contributed by atoms with Crippen molar-refractivity contribution in [3.05, 3.63) is 22.8 Å². The number of carbonyl (C=O) groups is 1. The SMILES string of the molecule is COc1cc(C)c(S(=O)(=O)C(CN=C(N)N)C[C@@H](N)C(N)=O)c(C)c1C. The number of sulfone groups is 1. The summed E-state index contributed by atoms with van der Waals surface area (Å²) < 4.78 is 31.9. The number of aliphatic imine (C=N–C) groups is 1. The van der Waals surface area contributed by atoms with Crippen molar-refractivity contribution >= 4 is 21.7 Å². The molecule has 8 N–H and O–H groups in total. The van der Waals surface area contributed by atoms with E-state index < -0.39 is 27.0 Å². The minimum absolute atomic E-state index is 0.156. The average molecular weight is 385 g/mol. The Kier molecular flexibility index (Phi) is 6.99. The lowest BCUT2D eigenvalue weighted by Crippen LogP contribution is -2.42. The second-order valence-corrected chi connectivity index (χ2v) is 8.32. The van der Waals surface area contributed by atoms with E-state index in [0.29, 0.717) is 22.4 Å². The number of nitrogens with two attached hydrogens (primary N) is 4. The fourth-order valence-electron chi connectivity index (χ4n) is 2.74. The van der Waals surface area contributed by atoms with E-state index in [2.05, 4.69) is 4.99 Å². The lowest BCUT2D eigenvalue weighted by molar-refractivity contribution is -0.119. The molecule has 1 aromatic rings. The van der Waals surface area contributed by atoms with Gasteiger partial charge in [-0.1, -0.05) is 0 Å². The summed E-state index contributed by atoms with van der Waals surface area (Å²) in [5.74, 6) is -0.458. The van der Waals surface area contributed by atoms with Crippen molar-refractivity contribution in [2.75, 3.05) is 13.7 Å². The Morgan fingerprint density at radius 2 is 1.77 bits per heavy atom. The van der Waals surface area contributed by atoms with E-state index >= 15 is 0 Å². The van der Waals surface area contributed by atoms with Crippen molar-refractivity contribution in [1.29, 1.82) is 0 Å². The zero-order chi connectivity index (χ0) is 20.2. The molecule has 0 aromatic heterocycles. The van der Waals surface area contributed by atoms with E-state index in [-0.39, 0.29) is 23.8 Å². The van der Waals surface area contributed by atoms with Crippen LogP contribution in [-0.4, -0.2) is 45.2 Å². The molecule has 0 fully saturated rings. The molecule has 9 nitrogen and oxygen atoms in total. The van der Waals surface area contributed by atoms with E-state index in [1.165, 1.54) is 7.11 Å². The molecule has 0 aliphatic rings. The van der Waals surface area contributed by atoms with Gasteiger partial charge in [0.05, 0.1) is 29.8 Å². The Balaban J connectivity index is 3.51. The minimum atomic E-state index is -3.90. The maximum absolute atomic E-state index is 13.3. The number of guanidine groups is 1. The van der Waals surface area contributed by atoms with Gasteiger partial charge in [-0.2, -0.15) is 0 Å². The predicted octanol–water partition coefficient (Wildman–Crippen LogP) is -0.761. The minimum Gasteiger partial charge on any atom is -0.496 e. The quantitative estimate of drug-likeness (QED) is 0.335. The van der Waals surface area contributed by atoms with Crippen LogP contribution in [0.4, 0.5) is 0 Å². The molecule has 1 amide bonds. The van der Waals surface area contributed by atoms with Gasteiger partial charge < -0.3 is 27.7 Å². The van der Waals surface area contributed by atoms with Gasteiger partial charge in [-0.25, -0.2) is 8.42 Å². The Hall–Kier alpha value is -2.33. The number of hydrogen-bond donors (Lipinski definition) is 4. The van der Waals surface area contributed by atoms with Gasteiger partial charge in [0.25, 0.3) is 0 Å². The molecule has 2 atom stereocenters. The summed E-state index contributed by atoms with van der Waals surface area (Å²) in [6.45, 7) is 4.92. The summed E-state index contributed by atoms with van der Waals surface area (Å²) in [5, 5.41) is -1.10. The Morgan fingerprint density at radius 1 is 1.19 bits per heavy atom. The number of hydrogen-bond acceptors (Lipinski definition) is 6. The van der Waals surface area contributed by atoms with Gasteiger partial charge in [0.15, 0.2) is 15.8 Å². The Labute approximate surface area is 153 Å². The number of carbonyl (C=O) groups excluding carboxylic acids is 1. The second kappa shape index (κ2) is 8.37. The van der Waals surface area contributed by atoms with Crippen LogP contribution in [-0.2, 0) is 14.6 Å². The molecule has 1 aromatic carbocycles. The van der Waals surface area contributed by atoms with Crippen LogP contribution in [0.25, 0.3) is 0 Å². The van der Waals surface area contributed by atoms with Crippen LogP contribution in [0.2, 0.25) is 0 Å². The highest BCUT2D eigenvalue weighted by molar-refractivity contribution is 7.92. The highest BCUT2D eigenvalue weighted by atomic mass is 32.2. The first-order chi connectivity index (χ1) is 11.9. The number of rotatable bonds is 8. The highest BCUT2D eigenvalue weighted by Gasteiger charge is 2.33. The Morgan fingerprint density at radius 3 is 2.23 bits per heavy atom. The number of nitrogens with zero attached hydrogens (tertiary/aromatic N) is 1. The fraction of sp³-hybridized carbons (Fsp3) is 0.500. The van der Waals surface area contributed by atoms with E-state index in [0.717, 1.165) is 0 Å². The van der Waals surface area contributed by atoms with Gasteiger partial charge in [-0.05, 0) is 49.9 Å². The summed E-state index contributed by atoms with van der Waals surface area (Å²) in [4.78, 5) is 15.3. The number of amides is 1. The van der Waals surface area contributed by atoms with Gasteiger partial charge in [0, 0.05) is 0 Å². The molecule has 0 bridgehead atoms. The van der Waals surface area contributed by atoms with Gasteiger partial charge >= 0.3 is 0 Å². The largest absolute Gasteiger partial charge is 0.496 e. The molecular weight excluding hydrogens is 358 g/mol. The summed E-state index contributed by atoms with van der Waals surface area (Å²) in [5.41, 5.74) is 23.3. The van der Waals surface area contributed by atoms with E-state index in [1.807, 2.05) is 0 Å². The van der Waals surface area contributed by atoms with Gasteiger partial charge in [-0.15, -0.1) is 0 Å². The van der Waals surface area contributed by atoms with Crippen molar-refractivity contribution in [3.63, 3.8) is 0 Å². The zero-order valence-electron chi connectivity index (χ0n) is 15.4. The van der Waals surface area contributed by atoms with Crippen LogP contribution in [0.15, 0.2) is 16.0 Å². The number of aryl methyl sites for hydroxylation is 1.